The van der Waals surface area contributed by atoms with E-state index in [0.29, 0.717) is 6.54 Å². The first kappa shape index (κ1) is 17.8. The van der Waals surface area contributed by atoms with Crippen LogP contribution in [0.15, 0.2) is 47.8 Å². The van der Waals surface area contributed by atoms with Gasteiger partial charge < -0.3 is 0 Å². The van der Waals surface area contributed by atoms with Crippen LogP contribution in [0.25, 0.3) is 10.6 Å². The Bertz CT molecular complexity index is 950. The minimum atomic E-state index is -3.61. The van der Waals surface area contributed by atoms with Crippen molar-refractivity contribution in [2.45, 2.75) is 19.2 Å². The number of nitrogens with one attached hydrogen (secondary N) is 1. The summed E-state index contributed by atoms with van der Waals surface area (Å²) in [5, 5.41) is 6.49. The van der Waals surface area contributed by atoms with Crippen LogP contribution in [-0.2, 0) is 22.3 Å². The van der Waals surface area contributed by atoms with E-state index in [-0.39, 0.29) is 17.9 Å². The highest BCUT2D eigenvalue weighted by atomic mass is 32.2. The molecule has 0 atom stereocenters. The summed E-state index contributed by atoms with van der Waals surface area (Å²) in [7, 11) is -3.61. The van der Waals surface area contributed by atoms with E-state index < -0.39 is 15.8 Å². The molecule has 0 spiro atoms. The fourth-order valence-electron chi connectivity index (χ4n) is 2.46. The van der Waals surface area contributed by atoms with Crippen molar-refractivity contribution in [1.82, 2.24) is 14.5 Å². The van der Waals surface area contributed by atoms with Crippen LogP contribution in [-0.4, -0.2) is 24.7 Å². The van der Waals surface area contributed by atoms with Crippen LogP contribution in [0.5, 0.6) is 0 Å². The van der Waals surface area contributed by atoms with Crippen LogP contribution in [0, 0.1) is 12.7 Å². The van der Waals surface area contributed by atoms with Crippen molar-refractivity contribution in [3.05, 3.63) is 64.9 Å². The second-order valence-electron chi connectivity index (χ2n) is 5.62. The van der Waals surface area contributed by atoms with Crippen LogP contribution in [0.2, 0.25) is 0 Å². The zero-order valence-electron chi connectivity index (χ0n) is 13.6. The molecule has 0 saturated heterocycles. The molecule has 0 unspecified atom stereocenters. The molecular formula is C17H18FN3O2S2. The topological polar surface area (TPSA) is 64.0 Å². The van der Waals surface area contributed by atoms with Gasteiger partial charge in [-0.15, -0.1) is 11.3 Å². The van der Waals surface area contributed by atoms with Gasteiger partial charge in [0.15, 0.2) is 0 Å². The number of sulfonamides is 1. The summed E-state index contributed by atoms with van der Waals surface area (Å²) in [5.41, 5.74) is 1.99. The lowest BCUT2D eigenvalue weighted by Gasteiger charge is -2.08. The molecule has 3 rings (SSSR count). The molecule has 0 radical (unpaired) electrons. The smallest absolute Gasteiger partial charge is 0.215 e. The lowest BCUT2D eigenvalue weighted by molar-refractivity contribution is 0.553. The number of hydrogen-bond donors (Lipinski definition) is 1. The van der Waals surface area contributed by atoms with Gasteiger partial charge in [-0.1, -0.05) is 24.3 Å². The second kappa shape index (κ2) is 7.47. The third-order valence-electron chi connectivity index (χ3n) is 3.70. The third kappa shape index (κ3) is 4.53. The van der Waals surface area contributed by atoms with Crippen LogP contribution in [0.3, 0.4) is 0 Å². The molecule has 2 heterocycles. The Kier molecular flexibility index (Phi) is 5.31. The molecule has 0 aliphatic heterocycles. The van der Waals surface area contributed by atoms with Gasteiger partial charge in [-0.05, 0) is 30.5 Å². The molecule has 1 aromatic carbocycles. The molecule has 2 aromatic heterocycles. The first-order valence-electron chi connectivity index (χ1n) is 7.74. The fourth-order valence-corrected chi connectivity index (χ4v) is 4.29. The fraction of sp³-hybridized carbons (Fsp3) is 0.235. The monoisotopic (exact) mass is 379 g/mol. The predicted octanol–water partition coefficient (Wildman–Crippen LogP) is 3.18. The van der Waals surface area contributed by atoms with E-state index in [1.165, 1.54) is 18.2 Å². The molecule has 0 aliphatic rings. The largest absolute Gasteiger partial charge is 0.268 e. The van der Waals surface area contributed by atoms with E-state index in [4.69, 9.17) is 0 Å². The number of halogens is 1. The van der Waals surface area contributed by atoms with Crippen LogP contribution in [0.4, 0.5) is 4.39 Å². The van der Waals surface area contributed by atoms with Crippen molar-refractivity contribution in [1.29, 1.82) is 0 Å². The first-order valence-corrected chi connectivity index (χ1v) is 10.3. The van der Waals surface area contributed by atoms with E-state index in [2.05, 4.69) is 9.82 Å². The summed E-state index contributed by atoms with van der Waals surface area (Å²) in [5.74, 6) is -0.894. The number of benzene rings is 1. The van der Waals surface area contributed by atoms with Crippen molar-refractivity contribution in [2.75, 3.05) is 6.54 Å². The molecule has 0 amide bonds. The normalized spacial score (nSPS) is 11.8. The maximum absolute atomic E-state index is 13.6. The molecule has 8 heteroatoms. The molecule has 0 fully saturated rings. The summed E-state index contributed by atoms with van der Waals surface area (Å²) >= 11 is 1.61. The van der Waals surface area contributed by atoms with Gasteiger partial charge in [-0.3, -0.25) is 4.68 Å². The second-order valence-corrected chi connectivity index (χ2v) is 8.37. The number of aromatic nitrogens is 2. The summed E-state index contributed by atoms with van der Waals surface area (Å²) in [6, 6.07) is 11.8. The molecule has 25 heavy (non-hydrogen) atoms. The van der Waals surface area contributed by atoms with Crippen LogP contribution >= 0.6 is 11.3 Å². The van der Waals surface area contributed by atoms with Crippen molar-refractivity contribution in [2.24, 2.45) is 0 Å². The van der Waals surface area contributed by atoms with E-state index in [0.717, 1.165) is 16.3 Å². The molecule has 0 saturated carbocycles. The van der Waals surface area contributed by atoms with Crippen LogP contribution < -0.4 is 4.72 Å². The van der Waals surface area contributed by atoms with Crippen molar-refractivity contribution in [3.63, 3.8) is 0 Å². The highest BCUT2D eigenvalue weighted by molar-refractivity contribution is 7.88. The zero-order valence-corrected chi connectivity index (χ0v) is 15.3. The third-order valence-corrected chi connectivity index (χ3v) is 5.93. The van der Waals surface area contributed by atoms with Gasteiger partial charge in [-0.2, -0.15) is 5.10 Å². The lowest BCUT2D eigenvalue weighted by Crippen LogP contribution is -2.29. The lowest BCUT2D eigenvalue weighted by atomic mass is 10.2. The van der Waals surface area contributed by atoms with Crippen molar-refractivity contribution in [3.8, 4) is 10.6 Å². The van der Waals surface area contributed by atoms with Gasteiger partial charge >= 0.3 is 0 Å². The Morgan fingerprint density at radius 1 is 1.24 bits per heavy atom. The Balaban J connectivity index is 1.60. The summed E-state index contributed by atoms with van der Waals surface area (Å²) in [6.45, 7) is 2.54. The molecule has 1 N–H and O–H groups in total. The van der Waals surface area contributed by atoms with Crippen molar-refractivity contribution < 1.29 is 12.8 Å². The van der Waals surface area contributed by atoms with Crippen LogP contribution in [0.1, 0.15) is 11.3 Å². The van der Waals surface area contributed by atoms with Gasteiger partial charge in [-0.25, -0.2) is 17.5 Å². The highest BCUT2D eigenvalue weighted by Crippen LogP contribution is 2.23. The summed E-state index contributed by atoms with van der Waals surface area (Å²) in [6.07, 6.45) is 0. The van der Waals surface area contributed by atoms with E-state index in [9.17, 15) is 12.8 Å². The maximum atomic E-state index is 13.6. The molecule has 0 bridgehead atoms. The van der Waals surface area contributed by atoms with E-state index in [1.807, 2.05) is 30.5 Å². The number of thiophene rings is 1. The SMILES string of the molecule is Cc1cc(-c2cccs2)nn1CCNS(=O)(=O)Cc1ccccc1F. The zero-order chi connectivity index (χ0) is 17.9. The molecular weight excluding hydrogens is 361 g/mol. The van der Waals surface area contributed by atoms with Gasteiger partial charge in [0, 0.05) is 17.8 Å². The van der Waals surface area contributed by atoms with Crippen molar-refractivity contribution >= 4 is 21.4 Å². The minimum absolute atomic E-state index is 0.158. The number of aryl methyl sites for hydroxylation is 1. The number of rotatable bonds is 7. The minimum Gasteiger partial charge on any atom is -0.268 e. The van der Waals surface area contributed by atoms with Gasteiger partial charge in [0.2, 0.25) is 10.0 Å². The van der Waals surface area contributed by atoms with Gasteiger partial charge in [0.25, 0.3) is 0 Å². The quantitative estimate of drug-likeness (QED) is 0.686. The average Bonchev–Trinajstić information content (AvgIpc) is 3.20. The molecule has 5 nitrogen and oxygen atoms in total. The van der Waals surface area contributed by atoms with E-state index >= 15 is 0 Å². The van der Waals surface area contributed by atoms with E-state index in [1.54, 1.807) is 22.1 Å². The Labute approximate surface area is 150 Å². The molecule has 0 aliphatic carbocycles. The maximum Gasteiger partial charge on any atom is 0.215 e. The van der Waals surface area contributed by atoms with Gasteiger partial charge in [0.05, 0.1) is 17.2 Å². The molecule has 3 aromatic rings. The summed E-state index contributed by atoms with van der Waals surface area (Å²) in [4.78, 5) is 1.07. The van der Waals surface area contributed by atoms with Gasteiger partial charge in [0.1, 0.15) is 11.5 Å². The Hall–Kier alpha value is -2.03. The summed E-state index contributed by atoms with van der Waals surface area (Å²) < 4.78 is 42.1. The Morgan fingerprint density at radius 2 is 2.04 bits per heavy atom. The standard InChI is InChI=1S/C17H18FN3O2S2/c1-13-11-16(17-7-4-10-24-17)20-21(13)9-8-19-25(22,23)12-14-5-2-3-6-15(14)18/h2-7,10-11,19H,8-9,12H2,1H3. The highest BCUT2D eigenvalue weighted by Gasteiger charge is 2.14. The number of hydrogen-bond acceptors (Lipinski definition) is 4. The first-order chi connectivity index (χ1) is 11.9. The molecule has 132 valence electrons. The predicted molar refractivity (Wildman–Crippen MR) is 97.3 cm³/mol. The Morgan fingerprint density at radius 3 is 2.76 bits per heavy atom. The average molecular weight is 379 g/mol. The number of nitrogens with zero attached hydrogens (tertiary/aromatic N) is 2.